The lowest BCUT2D eigenvalue weighted by molar-refractivity contribution is -0.116. The molecular weight excluding hydrogens is 474 g/mol. The van der Waals surface area contributed by atoms with Crippen LogP contribution in [0.5, 0.6) is 11.5 Å². The highest BCUT2D eigenvalue weighted by atomic mass is 35.5. The topological polar surface area (TPSA) is 82.5 Å². The van der Waals surface area contributed by atoms with Crippen molar-refractivity contribution in [1.29, 1.82) is 0 Å². The maximum Gasteiger partial charge on any atom is 0.279 e. The van der Waals surface area contributed by atoms with Gasteiger partial charge in [0.2, 0.25) is 5.91 Å². The van der Waals surface area contributed by atoms with Gasteiger partial charge in [-0.05, 0) is 35.4 Å². The van der Waals surface area contributed by atoms with Gasteiger partial charge in [0.15, 0.2) is 16.7 Å². The molecule has 0 bridgehead atoms. The fourth-order valence-electron chi connectivity index (χ4n) is 3.89. The molecule has 34 heavy (non-hydrogen) atoms. The van der Waals surface area contributed by atoms with E-state index in [-0.39, 0.29) is 17.9 Å². The number of nitrogens with zero attached hydrogens (tertiary/aromatic N) is 2. The SMILES string of the molecule is C=CCOc1ccc([C@@H]2CC(=O)Nc3c2c(=O)nc(SCc2cccc(Cl)c2)n3C)cc1OC. The van der Waals surface area contributed by atoms with Gasteiger partial charge in [-0.15, -0.1) is 0 Å². The van der Waals surface area contributed by atoms with E-state index in [2.05, 4.69) is 16.9 Å². The molecule has 9 heteroatoms. The molecule has 0 saturated carbocycles. The maximum atomic E-state index is 13.2. The van der Waals surface area contributed by atoms with Crippen molar-refractivity contribution in [3.05, 3.63) is 87.2 Å². The molecule has 0 radical (unpaired) electrons. The number of thioether (sulfide) groups is 1. The van der Waals surface area contributed by atoms with Crippen molar-refractivity contribution < 1.29 is 14.3 Å². The number of carbonyl (C=O) groups is 1. The maximum absolute atomic E-state index is 13.2. The van der Waals surface area contributed by atoms with Crippen LogP contribution in [0.15, 0.2) is 65.1 Å². The summed E-state index contributed by atoms with van der Waals surface area (Å²) in [7, 11) is 3.34. The van der Waals surface area contributed by atoms with E-state index in [4.69, 9.17) is 21.1 Å². The van der Waals surface area contributed by atoms with Crippen molar-refractivity contribution in [2.24, 2.45) is 7.05 Å². The molecule has 2 aromatic carbocycles. The first-order valence-electron chi connectivity index (χ1n) is 10.6. The van der Waals surface area contributed by atoms with Crippen LogP contribution in [-0.4, -0.2) is 29.2 Å². The van der Waals surface area contributed by atoms with Gasteiger partial charge in [0.05, 0.1) is 12.7 Å². The van der Waals surface area contributed by atoms with Crippen molar-refractivity contribution in [2.45, 2.75) is 23.2 Å². The molecule has 0 fully saturated rings. The molecule has 4 rings (SSSR count). The molecule has 0 unspecified atom stereocenters. The molecule has 0 spiro atoms. The van der Waals surface area contributed by atoms with Crippen LogP contribution in [0.2, 0.25) is 5.02 Å². The number of anilines is 1. The summed E-state index contributed by atoms with van der Waals surface area (Å²) < 4.78 is 12.9. The van der Waals surface area contributed by atoms with E-state index in [9.17, 15) is 9.59 Å². The number of benzene rings is 2. The number of hydrogen-bond acceptors (Lipinski definition) is 6. The van der Waals surface area contributed by atoms with Gasteiger partial charge < -0.3 is 19.4 Å². The highest BCUT2D eigenvalue weighted by Crippen LogP contribution is 2.39. The molecule has 1 aromatic heterocycles. The fraction of sp³-hybridized carbons (Fsp3) is 0.240. The third-order valence-electron chi connectivity index (χ3n) is 5.50. The second kappa shape index (κ2) is 10.4. The smallest absolute Gasteiger partial charge is 0.279 e. The number of methoxy groups -OCH3 is 1. The number of halogens is 1. The van der Waals surface area contributed by atoms with E-state index in [0.29, 0.717) is 45.4 Å². The average molecular weight is 498 g/mol. The molecule has 176 valence electrons. The number of fused-ring (bicyclic) bond motifs is 1. The standard InChI is InChI=1S/C25H24ClN3O4S/c1-4-10-33-19-9-8-16(12-20(19)32-3)18-13-21(30)27-23-22(18)24(31)28-25(29(23)2)34-14-15-6-5-7-17(26)11-15/h4-9,11-12,18H,1,10,13-14H2,2-3H3,(H,27,30)/t18-/m0/s1. The Hall–Kier alpha value is -3.23. The quantitative estimate of drug-likeness (QED) is 0.274. The predicted octanol–water partition coefficient (Wildman–Crippen LogP) is 4.77. The zero-order chi connectivity index (χ0) is 24.2. The van der Waals surface area contributed by atoms with Gasteiger partial charge >= 0.3 is 0 Å². The van der Waals surface area contributed by atoms with E-state index in [1.807, 2.05) is 30.3 Å². The van der Waals surface area contributed by atoms with E-state index in [0.717, 1.165) is 11.1 Å². The third-order valence-corrected chi connectivity index (χ3v) is 6.84. The van der Waals surface area contributed by atoms with Crippen LogP contribution in [0.1, 0.15) is 29.0 Å². The zero-order valence-electron chi connectivity index (χ0n) is 18.8. The van der Waals surface area contributed by atoms with E-state index >= 15 is 0 Å². The first kappa shape index (κ1) is 23.9. The summed E-state index contributed by atoms with van der Waals surface area (Å²) in [4.78, 5) is 30.2. The van der Waals surface area contributed by atoms with E-state index in [1.165, 1.54) is 11.8 Å². The third kappa shape index (κ3) is 4.98. The monoisotopic (exact) mass is 497 g/mol. The Balaban J connectivity index is 1.69. The molecular formula is C25H24ClN3O4S. The summed E-state index contributed by atoms with van der Waals surface area (Å²) in [6, 6.07) is 12.9. The minimum absolute atomic E-state index is 0.134. The highest BCUT2D eigenvalue weighted by Gasteiger charge is 2.32. The summed E-state index contributed by atoms with van der Waals surface area (Å²) >= 11 is 7.48. The van der Waals surface area contributed by atoms with E-state index in [1.54, 1.807) is 36.9 Å². The molecule has 2 heterocycles. The van der Waals surface area contributed by atoms with Gasteiger partial charge in [0.1, 0.15) is 12.4 Å². The van der Waals surface area contributed by atoms with Gasteiger partial charge in [0, 0.05) is 30.2 Å². The Morgan fingerprint density at radius 1 is 1.26 bits per heavy atom. The van der Waals surface area contributed by atoms with Crippen LogP contribution in [0.25, 0.3) is 0 Å². The normalized spacial score (nSPS) is 14.8. The van der Waals surface area contributed by atoms with Crippen LogP contribution in [0, 0.1) is 0 Å². The fourth-order valence-corrected chi connectivity index (χ4v) is 5.01. The number of aromatic nitrogens is 2. The molecule has 0 saturated heterocycles. The van der Waals surface area contributed by atoms with Crippen molar-refractivity contribution in [1.82, 2.24) is 9.55 Å². The molecule has 1 aliphatic rings. The first-order chi connectivity index (χ1) is 16.4. The molecule has 1 aliphatic heterocycles. The largest absolute Gasteiger partial charge is 0.493 e. The molecule has 7 nitrogen and oxygen atoms in total. The minimum Gasteiger partial charge on any atom is -0.493 e. The number of amides is 1. The predicted molar refractivity (Wildman–Crippen MR) is 134 cm³/mol. The number of ether oxygens (including phenoxy) is 2. The average Bonchev–Trinajstić information content (AvgIpc) is 2.83. The second-order valence-electron chi connectivity index (χ2n) is 7.75. The Morgan fingerprint density at radius 2 is 2.09 bits per heavy atom. The molecule has 1 amide bonds. The summed E-state index contributed by atoms with van der Waals surface area (Å²) in [5.74, 6) is 1.50. The molecule has 3 aromatic rings. The summed E-state index contributed by atoms with van der Waals surface area (Å²) in [6.07, 6.45) is 1.78. The van der Waals surface area contributed by atoms with Crippen molar-refractivity contribution in [2.75, 3.05) is 19.0 Å². The van der Waals surface area contributed by atoms with E-state index < -0.39 is 5.92 Å². The van der Waals surface area contributed by atoms with Crippen LogP contribution < -0.4 is 20.3 Å². The first-order valence-corrected chi connectivity index (χ1v) is 12.0. The van der Waals surface area contributed by atoms with Crippen LogP contribution >= 0.6 is 23.4 Å². The summed E-state index contributed by atoms with van der Waals surface area (Å²) in [5, 5.41) is 4.03. The van der Waals surface area contributed by atoms with Crippen molar-refractivity contribution >= 4 is 35.1 Å². The van der Waals surface area contributed by atoms with Gasteiger partial charge in [-0.1, -0.05) is 54.2 Å². The minimum atomic E-state index is -0.454. The van der Waals surface area contributed by atoms with Crippen LogP contribution in [-0.2, 0) is 17.6 Å². The molecule has 0 aliphatic carbocycles. The summed E-state index contributed by atoms with van der Waals surface area (Å²) in [5.41, 5.74) is 1.88. The Morgan fingerprint density at radius 3 is 2.82 bits per heavy atom. The second-order valence-corrected chi connectivity index (χ2v) is 9.13. The van der Waals surface area contributed by atoms with Crippen LogP contribution in [0.3, 0.4) is 0 Å². The van der Waals surface area contributed by atoms with Crippen molar-refractivity contribution in [3.8, 4) is 11.5 Å². The lowest BCUT2D eigenvalue weighted by Crippen LogP contribution is -2.33. The molecule has 1 atom stereocenters. The summed E-state index contributed by atoms with van der Waals surface area (Å²) in [6.45, 7) is 3.99. The van der Waals surface area contributed by atoms with Gasteiger partial charge in [-0.3, -0.25) is 9.59 Å². The number of carbonyl (C=O) groups excluding carboxylic acids is 1. The van der Waals surface area contributed by atoms with Gasteiger partial charge in [-0.2, -0.15) is 4.98 Å². The molecule has 1 N–H and O–H groups in total. The zero-order valence-corrected chi connectivity index (χ0v) is 20.4. The Bertz CT molecular complexity index is 1310. The van der Waals surface area contributed by atoms with Gasteiger partial charge in [0.25, 0.3) is 5.56 Å². The lowest BCUT2D eigenvalue weighted by atomic mass is 9.86. The highest BCUT2D eigenvalue weighted by molar-refractivity contribution is 7.98. The van der Waals surface area contributed by atoms with Crippen molar-refractivity contribution in [3.63, 3.8) is 0 Å². The van der Waals surface area contributed by atoms with Gasteiger partial charge in [-0.25, -0.2) is 0 Å². The number of hydrogen-bond donors (Lipinski definition) is 1. The Labute approximate surface area is 206 Å². The number of rotatable bonds is 8. The number of nitrogens with one attached hydrogen (secondary N) is 1. The van der Waals surface area contributed by atoms with Crippen LogP contribution in [0.4, 0.5) is 5.82 Å². The lowest BCUT2D eigenvalue weighted by Gasteiger charge is -2.28. The Kier molecular flexibility index (Phi) is 7.29.